The summed E-state index contributed by atoms with van der Waals surface area (Å²) in [5.74, 6) is -1.99. The van der Waals surface area contributed by atoms with Gasteiger partial charge in [0.1, 0.15) is 36.2 Å². The SMILES string of the molecule is CCC[C@@H]1NC(=O)[C@@H](NC(C)=O)Cc2cccc(c2)Oc2cccc(c2)C[C@@H](C(=O)NCC(F)(F)F)NC1=O. The van der Waals surface area contributed by atoms with Crippen LogP contribution in [0.3, 0.4) is 0 Å². The Morgan fingerprint density at radius 1 is 0.974 bits per heavy atom. The van der Waals surface area contributed by atoms with Crippen LogP contribution >= 0.6 is 0 Å². The molecule has 1 heterocycles. The lowest BCUT2D eigenvalue weighted by Crippen LogP contribution is -2.57. The van der Waals surface area contributed by atoms with Gasteiger partial charge in [-0.25, -0.2) is 0 Å². The van der Waals surface area contributed by atoms with Crippen molar-refractivity contribution in [3.05, 3.63) is 59.7 Å². The third-order valence-corrected chi connectivity index (χ3v) is 5.91. The van der Waals surface area contributed by atoms with Gasteiger partial charge < -0.3 is 26.0 Å². The number of hydrogen-bond acceptors (Lipinski definition) is 5. The molecule has 2 aromatic carbocycles. The van der Waals surface area contributed by atoms with Crippen LogP contribution in [0.25, 0.3) is 0 Å². The number of alkyl halides is 3. The predicted molar refractivity (Wildman–Crippen MR) is 136 cm³/mol. The van der Waals surface area contributed by atoms with Gasteiger partial charge in [-0.3, -0.25) is 19.2 Å². The van der Waals surface area contributed by atoms with Gasteiger partial charge in [-0.2, -0.15) is 13.2 Å². The molecule has 2 aromatic rings. The first-order valence-corrected chi connectivity index (χ1v) is 12.5. The highest BCUT2D eigenvalue weighted by molar-refractivity contribution is 5.94. The summed E-state index contributed by atoms with van der Waals surface area (Å²) < 4.78 is 44.3. The van der Waals surface area contributed by atoms with E-state index in [2.05, 4.69) is 16.0 Å². The topological polar surface area (TPSA) is 126 Å². The number of amides is 4. The smallest absolute Gasteiger partial charge is 0.405 e. The molecule has 0 aromatic heterocycles. The Morgan fingerprint density at radius 2 is 1.59 bits per heavy atom. The fourth-order valence-electron chi connectivity index (χ4n) is 4.16. The normalized spacial score (nSPS) is 20.2. The third-order valence-electron chi connectivity index (χ3n) is 5.91. The molecular weight excluding hydrogens is 517 g/mol. The molecule has 0 unspecified atom stereocenters. The zero-order chi connectivity index (χ0) is 28.6. The largest absolute Gasteiger partial charge is 0.457 e. The highest BCUT2D eigenvalue weighted by Gasteiger charge is 2.32. The van der Waals surface area contributed by atoms with Crippen molar-refractivity contribution < 1.29 is 37.1 Å². The molecule has 1 aliphatic heterocycles. The summed E-state index contributed by atoms with van der Waals surface area (Å²) in [5.41, 5.74) is 1.23. The molecule has 3 rings (SSSR count). The van der Waals surface area contributed by atoms with E-state index in [9.17, 15) is 32.3 Å². The number of carbonyl (C=O) groups is 4. The predicted octanol–water partition coefficient (Wildman–Crippen LogP) is 2.53. The molecule has 3 atom stereocenters. The first-order valence-electron chi connectivity index (χ1n) is 12.5. The van der Waals surface area contributed by atoms with Gasteiger partial charge in [0, 0.05) is 19.8 Å². The first kappa shape index (κ1) is 29.5. The summed E-state index contributed by atoms with van der Waals surface area (Å²) in [6.07, 6.45) is -3.99. The van der Waals surface area contributed by atoms with E-state index >= 15 is 0 Å². The van der Waals surface area contributed by atoms with Crippen LogP contribution in [0.1, 0.15) is 37.8 Å². The van der Waals surface area contributed by atoms with Gasteiger partial charge in [0.25, 0.3) is 0 Å². The Hall–Kier alpha value is -4.09. The summed E-state index contributed by atoms with van der Waals surface area (Å²) in [6.45, 7) is 1.48. The molecule has 39 heavy (non-hydrogen) atoms. The molecule has 4 N–H and O–H groups in total. The van der Waals surface area contributed by atoms with Gasteiger partial charge in [0.2, 0.25) is 23.6 Å². The standard InChI is InChI=1S/C27H31F3N4O5/c1-3-6-21-25(37)34-22(24(36)31-15-27(28,29)30)13-17-7-4-9-19(11-17)39-20-10-5-8-18(12-20)14-23(26(38)33-21)32-16(2)35/h4-5,7-12,21-23H,3,6,13-15H2,1-2H3,(H,31,36)(H,32,35)(H,33,38)(H,34,37)/t21-,22-,23-/m0/s1. The van der Waals surface area contributed by atoms with E-state index in [0.717, 1.165) is 0 Å². The summed E-state index contributed by atoms with van der Waals surface area (Å²) in [7, 11) is 0. The Bertz CT molecular complexity index is 1200. The van der Waals surface area contributed by atoms with Gasteiger partial charge in [-0.05, 0) is 41.8 Å². The zero-order valence-corrected chi connectivity index (χ0v) is 21.6. The lowest BCUT2D eigenvalue weighted by Gasteiger charge is -2.26. The van der Waals surface area contributed by atoms with Gasteiger partial charge in [-0.1, -0.05) is 37.6 Å². The van der Waals surface area contributed by atoms with Crippen molar-refractivity contribution in [1.82, 2.24) is 21.3 Å². The average molecular weight is 549 g/mol. The number of ether oxygens (including phenoxy) is 1. The Balaban J connectivity index is 2.01. The van der Waals surface area contributed by atoms with Crippen molar-refractivity contribution >= 4 is 23.6 Å². The van der Waals surface area contributed by atoms with Crippen molar-refractivity contribution in [2.24, 2.45) is 0 Å². The summed E-state index contributed by atoms with van der Waals surface area (Å²) >= 11 is 0. The number of rotatable bonds is 5. The lowest BCUT2D eigenvalue weighted by molar-refractivity contribution is -0.141. The maximum absolute atomic E-state index is 13.2. The monoisotopic (exact) mass is 548 g/mol. The second kappa shape index (κ2) is 13.1. The number of benzene rings is 2. The Morgan fingerprint density at radius 3 is 2.15 bits per heavy atom. The first-order chi connectivity index (χ1) is 18.4. The van der Waals surface area contributed by atoms with Crippen LogP contribution in [-0.4, -0.2) is 54.5 Å². The van der Waals surface area contributed by atoms with Crippen LogP contribution in [-0.2, 0) is 32.0 Å². The second-order valence-electron chi connectivity index (χ2n) is 9.30. The molecule has 12 heteroatoms. The Kier molecular flexibility index (Phi) is 9.91. The van der Waals surface area contributed by atoms with Crippen LogP contribution < -0.4 is 26.0 Å². The molecular formula is C27H31F3N4O5. The average Bonchev–Trinajstić information content (AvgIpc) is 2.85. The molecule has 0 radical (unpaired) electrons. The van der Waals surface area contributed by atoms with Gasteiger partial charge in [0.15, 0.2) is 0 Å². The molecule has 1 aliphatic rings. The zero-order valence-electron chi connectivity index (χ0n) is 21.6. The minimum absolute atomic E-state index is 0.103. The molecule has 0 spiro atoms. The van der Waals surface area contributed by atoms with Crippen molar-refractivity contribution in [2.45, 2.75) is 63.8 Å². The van der Waals surface area contributed by atoms with Crippen molar-refractivity contribution in [2.75, 3.05) is 6.54 Å². The molecule has 0 fully saturated rings. The van der Waals surface area contributed by atoms with Crippen LogP contribution in [0.4, 0.5) is 13.2 Å². The van der Waals surface area contributed by atoms with E-state index in [4.69, 9.17) is 4.74 Å². The molecule has 0 saturated heterocycles. The molecule has 0 saturated carbocycles. The molecule has 4 bridgehead atoms. The second-order valence-corrected chi connectivity index (χ2v) is 9.30. The Labute approximate surface area is 223 Å². The van der Waals surface area contributed by atoms with Crippen molar-refractivity contribution in [3.63, 3.8) is 0 Å². The summed E-state index contributed by atoms with van der Waals surface area (Å²) in [6, 6.07) is 10.1. The van der Waals surface area contributed by atoms with Crippen molar-refractivity contribution in [3.8, 4) is 11.5 Å². The van der Waals surface area contributed by atoms with Gasteiger partial charge in [0.05, 0.1) is 0 Å². The maximum atomic E-state index is 13.2. The van der Waals surface area contributed by atoms with E-state index in [-0.39, 0.29) is 19.3 Å². The van der Waals surface area contributed by atoms with Gasteiger partial charge >= 0.3 is 6.18 Å². The van der Waals surface area contributed by atoms with Crippen LogP contribution in [0, 0.1) is 0 Å². The maximum Gasteiger partial charge on any atom is 0.405 e. The fourth-order valence-corrected chi connectivity index (χ4v) is 4.16. The summed E-state index contributed by atoms with van der Waals surface area (Å²) in [5, 5.41) is 9.53. The van der Waals surface area contributed by atoms with E-state index in [1.165, 1.54) is 6.92 Å². The number of nitrogens with one attached hydrogen (secondary N) is 4. The minimum Gasteiger partial charge on any atom is -0.457 e. The number of fused-ring (bicyclic) bond motifs is 4. The molecule has 9 nitrogen and oxygen atoms in total. The number of carbonyl (C=O) groups excluding carboxylic acids is 4. The summed E-state index contributed by atoms with van der Waals surface area (Å²) in [4.78, 5) is 51.0. The third kappa shape index (κ3) is 9.31. The van der Waals surface area contributed by atoms with Crippen LogP contribution in [0.2, 0.25) is 0 Å². The van der Waals surface area contributed by atoms with E-state index < -0.39 is 54.5 Å². The van der Waals surface area contributed by atoms with Crippen LogP contribution in [0.5, 0.6) is 11.5 Å². The fraction of sp³-hybridized carbons (Fsp3) is 0.407. The molecule has 0 aliphatic carbocycles. The van der Waals surface area contributed by atoms with Crippen molar-refractivity contribution in [1.29, 1.82) is 0 Å². The molecule has 4 amide bonds. The lowest BCUT2D eigenvalue weighted by atomic mass is 10.0. The molecule has 210 valence electrons. The quantitative estimate of drug-likeness (QED) is 0.457. The van der Waals surface area contributed by atoms with E-state index in [1.807, 2.05) is 5.32 Å². The number of hydrogen-bond donors (Lipinski definition) is 4. The van der Waals surface area contributed by atoms with E-state index in [0.29, 0.717) is 29.0 Å². The highest BCUT2D eigenvalue weighted by Crippen LogP contribution is 2.24. The minimum atomic E-state index is -4.64. The highest BCUT2D eigenvalue weighted by atomic mass is 19.4. The van der Waals surface area contributed by atoms with Crippen LogP contribution in [0.15, 0.2) is 48.5 Å². The number of halogens is 3. The van der Waals surface area contributed by atoms with E-state index in [1.54, 1.807) is 55.5 Å². The van der Waals surface area contributed by atoms with Gasteiger partial charge in [-0.15, -0.1) is 0 Å².